The first kappa shape index (κ1) is 25.9. The van der Waals surface area contributed by atoms with Crippen molar-refractivity contribution < 1.29 is 32.6 Å². The van der Waals surface area contributed by atoms with Gasteiger partial charge in [-0.1, -0.05) is 0 Å². The Morgan fingerprint density at radius 1 is 1.13 bits per heavy atom. The summed E-state index contributed by atoms with van der Waals surface area (Å²) in [6.07, 6.45) is 5.37. The zero-order chi connectivity index (χ0) is 27.2. The number of fused-ring (bicyclic) bond motifs is 1. The monoisotopic (exact) mass is 527 g/mol. The highest BCUT2D eigenvalue weighted by Crippen LogP contribution is 2.40. The van der Waals surface area contributed by atoms with Crippen molar-refractivity contribution in [1.82, 2.24) is 14.3 Å². The lowest BCUT2D eigenvalue weighted by Gasteiger charge is -2.40. The van der Waals surface area contributed by atoms with Gasteiger partial charge in [-0.25, -0.2) is 9.78 Å². The molecule has 10 heteroatoms. The van der Waals surface area contributed by atoms with Gasteiger partial charge < -0.3 is 19.1 Å². The van der Waals surface area contributed by atoms with E-state index in [1.165, 1.54) is 13.2 Å². The number of hydrogen-bond donors (Lipinski definition) is 0. The lowest BCUT2D eigenvalue weighted by Crippen LogP contribution is -2.50. The summed E-state index contributed by atoms with van der Waals surface area (Å²) in [5.74, 6) is 0.160. The summed E-state index contributed by atoms with van der Waals surface area (Å²) in [5.41, 5.74) is 2.36. The number of rotatable bonds is 8. The number of ether oxygens (including phenoxy) is 3. The van der Waals surface area contributed by atoms with Gasteiger partial charge in [0.15, 0.2) is 5.78 Å². The summed E-state index contributed by atoms with van der Waals surface area (Å²) >= 11 is 0. The molecule has 1 amide bonds. The van der Waals surface area contributed by atoms with E-state index >= 15 is 0 Å². The lowest BCUT2D eigenvalue weighted by molar-refractivity contribution is -0.0502. The maximum Gasteiger partial charge on any atom is 0.410 e. The van der Waals surface area contributed by atoms with Crippen LogP contribution in [0.3, 0.4) is 0 Å². The first-order valence-electron chi connectivity index (χ1n) is 12.7. The highest BCUT2D eigenvalue weighted by Gasteiger charge is 2.35. The van der Waals surface area contributed by atoms with Crippen LogP contribution in [0.1, 0.15) is 61.9 Å². The standard InChI is InChI=1S/C28H31F2N3O5/c1-28(2,3)38-27(35)32-14-19(15-32)17-7-8-33-20(13-31-24(33)12-17)18-10-22(36-4)25(21(34)9-16-5-6-16)23(11-18)37-26(29)30/h7-8,10-13,16,19,26H,5-6,9,14-15H2,1-4H3. The number of nitrogens with zero attached hydrogens (tertiary/aromatic N) is 3. The average molecular weight is 528 g/mol. The van der Waals surface area contributed by atoms with E-state index in [1.807, 2.05) is 43.5 Å². The number of amides is 1. The van der Waals surface area contributed by atoms with Crippen LogP contribution in [0.5, 0.6) is 11.5 Å². The molecule has 5 rings (SSSR count). The topological polar surface area (TPSA) is 82.4 Å². The van der Waals surface area contributed by atoms with Crippen LogP contribution >= 0.6 is 0 Å². The molecule has 0 spiro atoms. The Hall–Kier alpha value is -3.69. The molecule has 202 valence electrons. The molecule has 2 aliphatic rings. The van der Waals surface area contributed by atoms with E-state index in [4.69, 9.17) is 14.2 Å². The van der Waals surface area contributed by atoms with Crippen LogP contribution in [-0.2, 0) is 4.74 Å². The van der Waals surface area contributed by atoms with Crippen molar-refractivity contribution in [3.8, 4) is 22.8 Å². The summed E-state index contributed by atoms with van der Waals surface area (Å²) in [6.45, 7) is 3.54. The Balaban J connectivity index is 1.41. The molecule has 3 heterocycles. The van der Waals surface area contributed by atoms with Crippen molar-refractivity contribution in [2.75, 3.05) is 20.2 Å². The van der Waals surface area contributed by atoms with Gasteiger partial charge >= 0.3 is 12.7 Å². The summed E-state index contributed by atoms with van der Waals surface area (Å²) in [4.78, 5) is 31.3. The minimum atomic E-state index is -3.09. The maximum absolute atomic E-state index is 13.3. The van der Waals surface area contributed by atoms with Crippen LogP contribution in [0, 0.1) is 5.92 Å². The van der Waals surface area contributed by atoms with Gasteiger partial charge in [0.05, 0.1) is 19.0 Å². The van der Waals surface area contributed by atoms with Gasteiger partial charge in [-0.15, -0.1) is 0 Å². The van der Waals surface area contributed by atoms with Gasteiger partial charge in [0.2, 0.25) is 0 Å². The number of imidazole rings is 1. The van der Waals surface area contributed by atoms with Gasteiger partial charge in [0.25, 0.3) is 0 Å². The number of aromatic nitrogens is 2. The molecule has 0 radical (unpaired) electrons. The lowest BCUT2D eigenvalue weighted by atomic mass is 9.92. The van der Waals surface area contributed by atoms with E-state index in [-0.39, 0.29) is 47.2 Å². The van der Waals surface area contributed by atoms with E-state index < -0.39 is 12.2 Å². The number of methoxy groups -OCH3 is 1. The third kappa shape index (κ3) is 5.44. The van der Waals surface area contributed by atoms with Crippen LogP contribution in [0.15, 0.2) is 36.7 Å². The minimum Gasteiger partial charge on any atom is -0.496 e. The van der Waals surface area contributed by atoms with Crippen molar-refractivity contribution in [3.05, 3.63) is 47.8 Å². The van der Waals surface area contributed by atoms with Gasteiger partial charge in [-0.3, -0.25) is 9.20 Å². The molecule has 2 aromatic heterocycles. The van der Waals surface area contributed by atoms with Crippen LogP contribution in [0.25, 0.3) is 16.9 Å². The SMILES string of the molecule is COc1cc(-c2cnc3cc(C4CN(C(=O)OC(C)(C)C)C4)ccn23)cc(OC(F)F)c1C(=O)CC1CC1. The van der Waals surface area contributed by atoms with Crippen LogP contribution < -0.4 is 9.47 Å². The highest BCUT2D eigenvalue weighted by molar-refractivity contribution is 6.02. The third-order valence-electron chi connectivity index (χ3n) is 6.79. The zero-order valence-corrected chi connectivity index (χ0v) is 21.9. The molecule has 38 heavy (non-hydrogen) atoms. The Kier molecular flexibility index (Phi) is 6.75. The maximum atomic E-state index is 13.3. The van der Waals surface area contributed by atoms with Gasteiger partial charge in [0.1, 0.15) is 28.3 Å². The molecule has 0 N–H and O–H groups in total. The normalized spacial score (nSPS) is 16.0. The number of hydrogen-bond acceptors (Lipinski definition) is 6. The molecule has 1 saturated heterocycles. The minimum absolute atomic E-state index is 0.0408. The summed E-state index contributed by atoms with van der Waals surface area (Å²) < 4.78 is 44.1. The van der Waals surface area contributed by atoms with Crippen molar-refractivity contribution >= 4 is 17.5 Å². The Morgan fingerprint density at radius 2 is 1.84 bits per heavy atom. The second kappa shape index (κ2) is 9.89. The molecule has 1 aromatic carbocycles. The zero-order valence-electron chi connectivity index (χ0n) is 21.9. The number of pyridine rings is 1. The summed E-state index contributed by atoms with van der Waals surface area (Å²) in [6, 6.07) is 7.00. The fraction of sp³-hybridized carbons (Fsp3) is 0.464. The van der Waals surface area contributed by atoms with E-state index in [9.17, 15) is 18.4 Å². The van der Waals surface area contributed by atoms with Crippen molar-refractivity contribution in [1.29, 1.82) is 0 Å². The van der Waals surface area contributed by atoms with Crippen molar-refractivity contribution in [3.63, 3.8) is 0 Å². The van der Waals surface area contributed by atoms with Crippen LogP contribution in [0.2, 0.25) is 0 Å². The van der Waals surface area contributed by atoms with E-state index in [2.05, 4.69) is 4.98 Å². The number of ketones is 1. The van der Waals surface area contributed by atoms with Crippen molar-refractivity contribution in [2.45, 2.75) is 58.2 Å². The van der Waals surface area contributed by atoms with E-state index in [0.29, 0.717) is 30.0 Å². The number of benzene rings is 1. The molecule has 0 bridgehead atoms. The van der Waals surface area contributed by atoms with Gasteiger partial charge in [0, 0.05) is 37.2 Å². The van der Waals surface area contributed by atoms with Gasteiger partial charge in [-0.05, 0) is 69.4 Å². The quantitative estimate of drug-likeness (QED) is 0.338. The second-order valence-corrected chi connectivity index (χ2v) is 10.9. The van der Waals surface area contributed by atoms with Crippen LogP contribution in [-0.4, -0.2) is 58.6 Å². The summed E-state index contributed by atoms with van der Waals surface area (Å²) in [7, 11) is 1.40. The van der Waals surface area contributed by atoms with Crippen LogP contribution in [0.4, 0.5) is 13.6 Å². The fourth-order valence-corrected chi connectivity index (χ4v) is 4.68. The largest absolute Gasteiger partial charge is 0.496 e. The van der Waals surface area contributed by atoms with Crippen molar-refractivity contribution in [2.24, 2.45) is 5.92 Å². The molecule has 8 nitrogen and oxygen atoms in total. The fourth-order valence-electron chi connectivity index (χ4n) is 4.68. The Bertz CT molecular complexity index is 1370. The molecular formula is C28H31F2N3O5. The first-order valence-corrected chi connectivity index (χ1v) is 12.7. The Morgan fingerprint density at radius 3 is 2.47 bits per heavy atom. The van der Waals surface area contributed by atoms with E-state index in [0.717, 1.165) is 18.4 Å². The third-order valence-corrected chi connectivity index (χ3v) is 6.79. The molecule has 0 atom stereocenters. The van der Waals surface area contributed by atoms with Gasteiger partial charge in [-0.2, -0.15) is 8.78 Å². The average Bonchev–Trinajstić information content (AvgIpc) is 3.51. The second-order valence-electron chi connectivity index (χ2n) is 10.9. The molecule has 1 aliphatic heterocycles. The molecule has 3 aromatic rings. The Labute approximate surface area is 219 Å². The van der Waals surface area contributed by atoms with E-state index in [1.54, 1.807) is 17.2 Å². The number of carbonyl (C=O) groups is 2. The summed E-state index contributed by atoms with van der Waals surface area (Å²) in [5, 5.41) is 0. The number of halogens is 2. The highest BCUT2D eigenvalue weighted by atomic mass is 19.3. The first-order chi connectivity index (χ1) is 18.0. The molecule has 0 unspecified atom stereocenters. The predicted molar refractivity (Wildman–Crippen MR) is 136 cm³/mol. The molecule has 1 saturated carbocycles. The smallest absolute Gasteiger partial charge is 0.410 e. The number of carbonyl (C=O) groups excluding carboxylic acids is 2. The number of likely N-dealkylation sites (tertiary alicyclic amines) is 1. The molecular weight excluding hydrogens is 496 g/mol. The molecule has 1 aliphatic carbocycles. The number of Topliss-reactive ketones (excluding diaryl/α,β-unsaturated/α-hetero) is 1. The molecule has 2 fully saturated rings. The predicted octanol–water partition coefficient (Wildman–Crippen LogP) is 5.93. The number of alkyl halides is 2.